The number of benzene rings is 2. The minimum absolute atomic E-state index is 0.0684. The predicted octanol–water partition coefficient (Wildman–Crippen LogP) is 5.39. The Balaban J connectivity index is 1.78. The monoisotopic (exact) mass is 497 g/mol. The lowest BCUT2D eigenvalue weighted by atomic mass is 9.98. The number of hydrogen-bond acceptors (Lipinski definition) is 6. The van der Waals surface area contributed by atoms with Gasteiger partial charge in [-0.1, -0.05) is 23.7 Å². The average Bonchev–Trinajstić information content (AvgIpc) is 3.37. The van der Waals surface area contributed by atoms with Gasteiger partial charge < -0.3 is 19.5 Å². The molecule has 0 bridgehead atoms. The average molecular weight is 498 g/mol. The number of halogens is 1. The first-order valence-electron chi connectivity index (χ1n) is 10.6. The number of amides is 1. The molecule has 176 valence electrons. The Morgan fingerprint density at radius 3 is 2.38 bits per heavy atom. The predicted molar refractivity (Wildman–Crippen MR) is 133 cm³/mol. The van der Waals surface area contributed by atoms with Crippen molar-refractivity contribution in [2.45, 2.75) is 19.4 Å². The third kappa shape index (κ3) is 4.41. The van der Waals surface area contributed by atoms with E-state index in [4.69, 9.17) is 21.1 Å². The fourth-order valence-electron chi connectivity index (χ4n) is 4.09. The Labute approximate surface area is 207 Å². The van der Waals surface area contributed by atoms with E-state index in [2.05, 4.69) is 0 Å². The van der Waals surface area contributed by atoms with Crippen LogP contribution in [0.2, 0.25) is 5.02 Å². The van der Waals surface area contributed by atoms with Gasteiger partial charge in [0.25, 0.3) is 11.7 Å². The minimum atomic E-state index is -0.707. The van der Waals surface area contributed by atoms with E-state index in [0.29, 0.717) is 35.1 Å². The summed E-state index contributed by atoms with van der Waals surface area (Å²) in [4.78, 5) is 28.7. The minimum Gasteiger partial charge on any atom is -0.507 e. The number of aliphatic hydroxyl groups is 1. The number of nitrogens with zero attached hydrogens (tertiary/aromatic N) is 1. The molecule has 1 atom stereocenters. The van der Waals surface area contributed by atoms with Gasteiger partial charge in [0, 0.05) is 22.0 Å². The molecule has 1 fully saturated rings. The number of hydrogen-bond donors (Lipinski definition) is 1. The van der Waals surface area contributed by atoms with Crippen LogP contribution in [-0.2, 0) is 16.0 Å². The van der Waals surface area contributed by atoms with Crippen molar-refractivity contribution in [3.05, 3.63) is 86.1 Å². The fraction of sp³-hybridized carbons (Fsp3) is 0.231. The molecule has 0 aliphatic carbocycles. The molecule has 0 radical (unpaired) electrons. The smallest absolute Gasteiger partial charge is 0.295 e. The molecule has 1 aromatic heterocycles. The number of aliphatic hydroxyl groups excluding tert-OH is 1. The van der Waals surface area contributed by atoms with E-state index in [1.807, 2.05) is 30.5 Å². The molecule has 0 spiro atoms. The molecular formula is C26H24ClNO5S. The normalized spacial score (nSPS) is 17.3. The quantitative estimate of drug-likeness (QED) is 0.269. The number of ketones is 1. The van der Waals surface area contributed by atoms with E-state index < -0.39 is 17.7 Å². The summed E-state index contributed by atoms with van der Waals surface area (Å²) in [7, 11) is 3.01. The Kier molecular flexibility index (Phi) is 6.95. The number of carbonyl (C=O) groups excluding carboxylic acids is 2. The Morgan fingerprint density at radius 2 is 1.76 bits per heavy atom. The number of ether oxygens (including phenoxy) is 2. The summed E-state index contributed by atoms with van der Waals surface area (Å²) >= 11 is 7.44. The molecule has 4 rings (SSSR count). The molecule has 6 nitrogen and oxygen atoms in total. The third-order valence-corrected chi connectivity index (χ3v) is 7.22. The lowest BCUT2D eigenvalue weighted by Crippen LogP contribution is -2.31. The van der Waals surface area contributed by atoms with E-state index in [1.54, 1.807) is 35.2 Å². The van der Waals surface area contributed by atoms with E-state index in [1.165, 1.54) is 25.6 Å². The van der Waals surface area contributed by atoms with Crippen molar-refractivity contribution in [3.63, 3.8) is 0 Å². The Hall–Kier alpha value is -3.29. The summed E-state index contributed by atoms with van der Waals surface area (Å²) in [5.74, 6) is -0.679. The number of Topliss-reactive ketones (excluding diaryl/α,β-unsaturated/α-hetero) is 1. The first-order chi connectivity index (χ1) is 16.3. The summed E-state index contributed by atoms with van der Waals surface area (Å²) in [5, 5.41) is 13.8. The molecule has 3 aromatic rings. The van der Waals surface area contributed by atoms with Gasteiger partial charge >= 0.3 is 0 Å². The molecule has 1 amide bonds. The number of methoxy groups -OCH3 is 2. The standard InChI is InChI=1S/C26H24ClNO5S/c1-15-11-13-34-25(15)22-21(23(29)17-6-9-19(32-2)20(14-17)33-3)24(30)26(31)28(22)12-10-16-4-7-18(27)8-5-16/h4-9,11,13-14,22,29H,10,12H2,1-3H3/b23-21-. The lowest BCUT2D eigenvalue weighted by Gasteiger charge is -2.25. The first kappa shape index (κ1) is 23.9. The second-order valence-corrected chi connectivity index (χ2v) is 9.29. The maximum absolute atomic E-state index is 13.2. The highest BCUT2D eigenvalue weighted by molar-refractivity contribution is 7.10. The van der Waals surface area contributed by atoms with Gasteiger partial charge in [0.2, 0.25) is 0 Å². The van der Waals surface area contributed by atoms with Crippen LogP contribution in [-0.4, -0.2) is 42.5 Å². The SMILES string of the molecule is COc1ccc(/C(O)=C2/C(=O)C(=O)N(CCc3ccc(Cl)cc3)C2c2sccc2C)cc1OC. The van der Waals surface area contributed by atoms with Gasteiger partial charge in [-0.3, -0.25) is 9.59 Å². The summed E-state index contributed by atoms with van der Waals surface area (Å²) in [6.07, 6.45) is 0.543. The van der Waals surface area contributed by atoms with Crippen LogP contribution in [0.3, 0.4) is 0 Å². The van der Waals surface area contributed by atoms with Crippen molar-refractivity contribution in [3.8, 4) is 11.5 Å². The van der Waals surface area contributed by atoms with Gasteiger partial charge in [-0.2, -0.15) is 0 Å². The van der Waals surface area contributed by atoms with Crippen molar-refractivity contribution in [2.75, 3.05) is 20.8 Å². The zero-order valence-corrected chi connectivity index (χ0v) is 20.6. The number of rotatable bonds is 7. The zero-order chi connectivity index (χ0) is 24.4. The van der Waals surface area contributed by atoms with Gasteiger partial charge in [0.1, 0.15) is 5.76 Å². The Morgan fingerprint density at radius 1 is 1.06 bits per heavy atom. The van der Waals surface area contributed by atoms with Crippen LogP contribution in [0.25, 0.3) is 5.76 Å². The Bertz CT molecular complexity index is 1260. The van der Waals surface area contributed by atoms with Crippen LogP contribution in [0.15, 0.2) is 59.5 Å². The van der Waals surface area contributed by atoms with Crippen LogP contribution in [0.1, 0.15) is 27.6 Å². The molecular weight excluding hydrogens is 474 g/mol. The molecule has 0 saturated carbocycles. The molecule has 1 aliphatic heterocycles. The molecule has 34 heavy (non-hydrogen) atoms. The zero-order valence-electron chi connectivity index (χ0n) is 19.0. The van der Waals surface area contributed by atoms with E-state index in [0.717, 1.165) is 16.0 Å². The van der Waals surface area contributed by atoms with Crippen LogP contribution in [0.5, 0.6) is 11.5 Å². The number of carbonyl (C=O) groups is 2. The molecule has 2 aromatic carbocycles. The second-order valence-electron chi connectivity index (χ2n) is 7.91. The maximum atomic E-state index is 13.2. The molecule has 2 heterocycles. The molecule has 1 saturated heterocycles. The fourth-order valence-corrected chi connectivity index (χ4v) is 5.26. The highest BCUT2D eigenvalue weighted by Crippen LogP contribution is 2.43. The van der Waals surface area contributed by atoms with Crippen LogP contribution >= 0.6 is 22.9 Å². The summed E-state index contributed by atoms with van der Waals surface area (Å²) in [5.41, 5.74) is 2.38. The van der Waals surface area contributed by atoms with Crippen molar-refractivity contribution < 1.29 is 24.2 Å². The first-order valence-corrected chi connectivity index (χ1v) is 11.9. The van der Waals surface area contributed by atoms with Crippen molar-refractivity contribution in [1.29, 1.82) is 0 Å². The third-order valence-electron chi connectivity index (χ3n) is 5.90. The van der Waals surface area contributed by atoms with E-state index >= 15 is 0 Å². The van der Waals surface area contributed by atoms with Gasteiger partial charge in [-0.05, 0) is 66.2 Å². The van der Waals surface area contributed by atoms with Crippen LogP contribution in [0, 0.1) is 6.92 Å². The largest absolute Gasteiger partial charge is 0.507 e. The van der Waals surface area contributed by atoms with Crippen LogP contribution in [0.4, 0.5) is 0 Å². The number of likely N-dealkylation sites (tertiary alicyclic amines) is 1. The topological polar surface area (TPSA) is 76.1 Å². The molecule has 8 heteroatoms. The second kappa shape index (κ2) is 9.91. The number of aryl methyl sites for hydroxylation is 1. The van der Waals surface area contributed by atoms with Crippen molar-refractivity contribution in [2.24, 2.45) is 0 Å². The van der Waals surface area contributed by atoms with E-state index in [9.17, 15) is 14.7 Å². The molecule has 1 N–H and O–H groups in total. The maximum Gasteiger partial charge on any atom is 0.295 e. The highest BCUT2D eigenvalue weighted by Gasteiger charge is 2.46. The van der Waals surface area contributed by atoms with Gasteiger partial charge in [-0.25, -0.2) is 0 Å². The summed E-state index contributed by atoms with van der Waals surface area (Å²) < 4.78 is 10.6. The highest BCUT2D eigenvalue weighted by atomic mass is 35.5. The van der Waals surface area contributed by atoms with Crippen LogP contribution < -0.4 is 9.47 Å². The van der Waals surface area contributed by atoms with Crippen molar-refractivity contribution >= 4 is 40.4 Å². The summed E-state index contributed by atoms with van der Waals surface area (Å²) in [6.45, 7) is 2.25. The van der Waals surface area contributed by atoms with Gasteiger partial charge in [-0.15, -0.1) is 11.3 Å². The van der Waals surface area contributed by atoms with E-state index in [-0.39, 0.29) is 11.3 Å². The van der Waals surface area contributed by atoms with Crippen molar-refractivity contribution in [1.82, 2.24) is 4.90 Å². The molecule has 1 aliphatic rings. The number of thiophene rings is 1. The molecule has 1 unspecified atom stereocenters. The van der Waals surface area contributed by atoms with Gasteiger partial charge in [0.15, 0.2) is 11.5 Å². The lowest BCUT2D eigenvalue weighted by molar-refractivity contribution is -0.139. The summed E-state index contributed by atoms with van der Waals surface area (Å²) in [6, 6.07) is 13.5. The van der Waals surface area contributed by atoms with Gasteiger partial charge in [0.05, 0.1) is 25.8 Å².